The summed E-state index contributed by atoms with van der Waals surface area (Å²) < 4.78 is 0. The Kier molecular flexibility index (Phi) is 1.93. The molecule has 0 saturated heterocycles. The highest BCUT2D eigenvalue weighted by Gasteiger charge is 2.05. The molecule has 2 heterocycles. The molecule has 0 aliphatic carbocycles. The van der Waals surface area contributed by atoms with Gasteiger partial charge in [-0.2, -0.15) is 0 Å². The van der Waals surface area contributed by atoms with Crippen molar-refractivity contribution in [3.63, 3.8) is 0 Å². The zero-order valence-corrected chi connectivity index (χ0v) is 8.61. The predicted molar refractivity (Wildman–Crippen MR) is 60.6 cm³/mol. The molecule has 0 radical (unpaired) electrons. The molecule has 1 aromatic carbocycles. The van der Waals surface area contributed by atoms with Gasteiger partial charge in [-0.25, -0.2) is 15.0 Å². The van der Waals surface area contributed by atoms with E-state index in [4.69, 9.17) is 0 Å². The number of nitrogens with zero attached hydrogens (tertiary/aromatic N) is 3. The quantitative estimate of drug-likeness (QED) is 0.624. The van der Waals surface area contributed by atoms with Crippen molar-refractivity contribution in [1.29, 1.82) is 0 Å². The van der Waals surface area contributed by atoms with E-state index < -0.39 is 0 Å². The van der Waals surface area contributed by atoms with E-state index >= 15 is 0 Å². The average Bonchev–Trinajstić information content (AvgIpc) is 2.74. The van der Waals surface area contributed by atoms with E-state index in [1.165, 1.54) is 0 Å². The van der Waals surface area contributed by atoms with Gasteiger partial charge < -0.3 is 0 Å². The summed E-state index contributed by atoms with van der Waals surface area (Å²) in [5.41, 5.74) is 1.99. The molecule has 72 valence electrons. The van der Waals surface area contributed by atoms with Crippen LogP contribution in [0.2, 0.25) is 0 Å². The van der Waals surface area contributed by atoms with Crippen LogP contribution < -0.4 is 0 Å². The lowest BCUT2D eigenvalue weighted by Gasteiger charge is -1.91. The Balaban J connectivity index is 2.21. The molecule has 0 amide bonds. The molecule has 0 N–H and O–H groups in total. The van der Waals surface area contributed by atoms with Gasteiger partial charge in [0.05, 0.1) is 6.20 Å². The maximum atomic E-state index is 4.48. The van der Waals surface area contributed by atoms with Crippen molar-refractivity contribution in [3.8, 4) is 10.6 Å². The lowest BCUT2D eigenvalue weighted by Crippen LogP contribution is -1.76. The van der Waals surface area contributed by atoms with Crippen molar-refractivity contribution < 1.29 is 0 Å². The van der Waals surface area contributed by atoms with Crippen LogP contribution in [0.15, 0.2) is 42.9 Å². The third-order valence-corrected chi connectivity index (χ3v) is 3.12. The fraction of sp³-hybridized carbons (Fsp3) is 0. The topological polar surface area (TPSA) is 38.7 Å². The van der Waals surface area contributed by atoms with E-state index in [0.29, 0.717) is 0 Å². The Bertz CT molecular complexity index is 556. The minimum Gasteiger partial charge on any atom is -0.242 e. The summed E-state index contributed by atoms with van der Waals surface area (Å²) in [6, 6.07) is 10.1. The molecule has 0 unspecified atom stereocenters. The minimum absolute atomic E-state index is 0.862. The van der Waals surface area contributed by atoms with Crippen LogP contribution in [0.4, 0.5) is 0 Å². The third kappa shape index (κ3) is 1.49. The molecule has 0 aliphatic heterocycles. The van der Waals surface area contributed by atoms with Crippen molar-refractivity contribution in [2.75, 3.05) is 0 Å². The van der Waals surface area contributed by atoms with Crippen molar-refractivity contribution >= 4 is 21.7 Å². The Morgan fingerprint density at radius 1 is 1.07 bits per heavy atom. The summed E-state index contributed by atoms with van der Waals surface area (Å²) in [6.07, 6.45) is 3.29. The number of hydrogen-bond donors (Lipinski definition) is 0. The van der Waals surface area contributed by atoms with Crippen molar-refractivity contribution in [2.45, 2.75) is 0 Å². The van der Waals surface area contributed by atoms with Crippen LogP contribution in [-0.2, 0) is 0 Å². The Labute approximate surface area is 90.5 Å². The average molecular weight is 213 g/mol. The molecule has 0 fully saturated rings. The zero-order chi connectivity index (χ0) is 10.1. The highest BCUT2D eigenvalue weighted by molar-refractivity contribution is 7.21. The molecule has 15 heavy (non-hydrogen) atoms. The number of hydrogen-bond acceptors (Lipinski definition) is 4. The Hall–Kier alpha value is -1.81. The second-order valence-electron chi connectivity index (χ2n) is 3.10. The van der Waals surface area contributed by atoms with Gasteiger partial charge in [0, 0.05) is 5.56 Å². The van der Waals surface area contributed by atoms with Gasteiger partial charge in [0.1, 0.15) is 21.7 Å². The number of fused-ring (bicyclic) bond motifs is 1. The van der Waals surface area contributed by atoms with Crippen LogP contribution in [0, 0.1) is 0 Å². The first-order valence-electron chi connectivity index (χ1n) is 4.55. The lowest BCUT2D eigenvalue weighted by molar-refractivity contribution is 1.22. The first-order chi connectivity index (χ1) is 7.43. The highest BCUT2D eigenvalue weighted by atomic mass is 32.1. The fourth-order valence-electron chi connectivity index (χ4n) is 1.39. The smallest absolute Gasteiger partial charge is 0.147 e. The van der Waals surface area contributed by atoms with E-state index in [0.717, 1.165) is 20.9 Å². The standard InChI is InChI=1S/C11H7N3S/c1-2-4-8(5-3-1)10-14-9-6-12-7-13-11(9)15-10/h1-7H. The van der Waals surface area contributed by atoms with Crippen molar-refractivity contribution in [1.82, 2.24) is 15.0 Å². The second kappa shape index (κ2) is 3.40. The number of benzene rings is 1. The van der Waals surface area contributed by atoms with E-state index in [2.05, 4.69) is 15.0 Å². The number of thiazole rings is 1. The van der Waals surface area contributed by atoms with E-state index in [-0.39, 0.29) is 0 Å². The summed E-state index contributed by atoms with van der Waals surface area (Å²) in [4.78, 5) is 13.5. The Morgan fingerprint density at radius 2 is 1.93 bits per heavy atom. The molecule has 4 heteroatoms. The van der Waals surface area contributed by atoms with Crippen LogP contribution in [0.3, 0.4) is 0 Å². The maximum Gasteiger partial charge on any atom is 0.147 e. The van der Waals surface area contributed by atoms with Gasteiger partial charge in [0.15, 0.2) is 0 Å². The van der Waals surface area contributed by atoms with Crippen LogP contribution in [-0.4, -0.2) is 15.0 Å². The first kappa shape index (κ1) is 8.49. The van der Waals surface area contributed by atoms with Crippen molar-refractivity contribution in [3.05, 3.63) is 42.9 Å². The minimum atomic E-state index is 0.862. The lowest BCUT2D eigenvalue weighted by atomic mass is 10.2. The maximum absolute atomic E-state index is 4.48. The molecule has 0 spiro atoms. The van der Waals surface area contributed by atoms with Gasteiger partial charge in [0.25, 0.3) is 0 Å². The molecule has 3 rings (SSSR count). The van der Waals surface area contributed by atoms with Crippen LogP contribution >= 0.6 is 11.3 Å². The summed E-state index contributed by atoms with van der Waals surface area (Å²) >= 11 is 1.59. The zero-order valence-electron chi connectivity index (χ0n) is 7.79. The fourth-order valence-corrected chi connectivity index (χ4v) is 2.28. The molecule has 0 saturated carbocycles. The van der Waals surface area contributed by atoms with Gasteiger partial charge in [-0.1, -0.05) is 41.7 Å². The summed E-state index contributed by atoms with van der Waals surface area (Å²) in [5, 5.41) is 0.992. The van der Waals surface area contributed by atoms with Crippen molar-refractivity contribution in [2.24, 2.45) is 0 Å². The number of rotatable bonds is 1. The van der Waals surface area contributed by atoms with Gasteiger partial charge in [0.2, 0.25) is 0 Å². The third-order valence-electron chi connectivity index (χ3n) is 2.09. The summed E-state index contributed by atoms with van der Waals surface area (Å²) in [6.45, 7) is 0. The van der Waals surface area contributed by atoms with Gasteiger partial charge in [-0.15, -0.1) is 0 Å². The van der Waals surface area contributed by atoms with Gasteiger partial charge in [-0.3, -0.25) is 0 Å². The highest BCUT2D eigenvalue weighted by Crippen LogP contribution is 2.27. The molecular formula is C11H7N3S. The molecular weight excluding hydrogens is 206 g/mol. The Morgan fingerprint density at radius 3 is 2.73 bits per heavy atom. The molecule has 0 atom stereocenters. The molecule has 3 nitrogen and oxygen atoms in total. The predicted octanol–water partition coefficient (Wildman–Crippen LogP) is 2.75. The molecule has 0 bridgehead atoms. The summed E-state index contributed by atoms with van der Waals surface area (Å²) in [7, 11) is 0. The van der Waals surface area contributed by atoms with E-state index in [9.17, 15) is 0 Å². The van der Waals surface area contributed by atoms with Gasteiger partial charge >= 0.3 is 0 Å². The van der Waals surface area contributed by atoms with Crippen LogP contribution in [0.25, 0.3) is 20.9 Å². The number of aromatic nitrogens is 3. The SMILES string of the molecule is c1ccc(-c2nc3cncnc3s2)cc1. The van der Waals surface area contributed by atoms with Crippen LogP contribution in [0.1, 0.15) is 0 Å². The van der Waals surface area contributed by atoms with Gasteiger partial charge in [-0.05, 0) is 0 Å². The molecule has 2 aromatic heterocycles. The monoisotopic (exact) mass is 213 g/mol. The second-order valence-corrected chi connectivity index (χ2v) is 4.08. The molecule has 0 aliphatic rings. The van der Waals surface area contributed by atoms with E-state index in [1.54, 1.807) is 23.9 Å². The van der Waals surface area contributed by atoms with Crippen LogP contribution in [0.5, 0.6) is 0 Å². The van der Waals surface area contributed by atoms with E-state index in [1.807, 2.05) is 30.3 Å². The normalized spacial score (nSPS) is 10.7. The molecule has 3 aromatic rings. The summed E-state index contributed by atoms with van der Waals surface area (Å²) in [5.74, 6) is 0. The first-order valence-corrected chi connectivity index (χ1v) is 5.37. The largest absolute Gasteiger partial charge is 0.242 e.